The summed E-state index contributed by atoms with van der Waals surface area (Å²) in [6, 6.07) is 11.6. The van der Waals surface area contributed by atoms with Crippen LogP contribution in [0.3, 0.4) is 0 Å². The molecule has 3 fully saturated rings. The van der Waals surface area contributed by atoms with Crippen LogP contribution in [0.25, 0.3) is 0 Å². The van der Waals surface area contributed by atoms with Gasteiger partial charge in [-0.15, -0.1) is 0 Å². The highest BCUT2D eigenvalue weighted by atomic mass is 35.5. The van der Waals surface area contributed by atoms with E-state index in [2.05, 4.69) is 0 Å². The number of benzene rings is 2. The fraction of sp³-hybridized carbons (Fsp3) is 0.481. The molecular weight excluding hydrogens is 476 g/mol. The van der Waals surface area contributed by atoms with Crippen molar-refractivity contribution in [1.29, 1.82) is 0 Å². The molecule has 1 atom stereocenters. The van der Waals surface area contributed by atoms with Gasteiger partial charge in [-0.3, -0.25) is 4.79 Å². The molecule has 2 bridgehead atoms. The molecular formula is C27H32ClF2NO4. The van der Waals surface area contributed by atoms with E-state index < -0.39 is 29.3 Å². The largest absolute Gasteiger partial charge is 1.00 e. The Morgan fingerprint density at radius 3 is 2.03 bits per heavy atom. The molecule has 3 saturated heterocycles. The molecule has 35 heavy (non-hydrogen) atoms. The molecule has 0 aromatic heterocycles. The van der Waals surface area contributed by atoms with E-state index in [4.69, 9.17) is 9.47 Å². The molecule has 0 saturated carbocycles. The molecule has 0 spiro atoms. The summed E-state index contributed by atoms with van der Waals surface area (Å²) in [6.45, 7) is 7.90. The molecule has 190 valence electrons. The van der Waals surface area contributed by atoms with E-state index in [1.54, 1.807) is 24.3 Å². The number of fused-ring (bicyclic) bond motifs is 3. The highest BCUT2D eigenvalue weighted by Gasteiger charge is 2.51. The Balaban J connectivity index is 0.00000342. The summed E-state index contributed by atoms with van der Waals surface area (Å²) in [5, 5.41) is 0. The maximum absolute atomic E-state index is 14.0. The first-order valence-electron chi connectivity index (χ1n) is 11.8. The summed E-state index contributed by atoms with van der Waals surface area (Å²) in [5.74, 6) is -1.78. The summed E-state index contributed by atoms with van der Waals surface area (Å²) < 4.78 is 39.9. The molecule has 2 aromatic carbocycles. The zero-order valence-corrected chi connectivity index (χ0v) is 21.1. The third kappa shape index (κ3) is 6.58. The molecule has 3 aliphatic heterocycles. The summed E-state index contributed by atoms with van der Waals surface area (Å²) in [7, 11) is 0. The maximum atomic E-state index is 14.0. The average molecular weight is 508 g/mol. The van der Waals surface area contributed by atoms with Crippen LogP contribution in [0.15, 0.2) is 48.5 Å². The number of carbonyl (C=O) groups is 2. The lowest BCUT2D eigenvalue weighted by atomic mass is 9.77. The predicted octanol–water partition coefficient (Wildman–Crippen LogP) is 1.80. The number of hydrogen-bond donors (Lipinski definition) is 0. The van der Waals surface area contributed by atoms with E-state index in [1.807, 2.05) is 20.8 Å². The molecule has 5 nitrogen and oxygen atoms in total. The van der Waals surface area contributed by atoms with Crippen molar-refractivity contribution in [2.45, 2.75) is 45.3 Å². The molecule has 0 amide bonds. The van der Waals surface area contributed by atoms with Crippen LogP contribution in [0.5, 0.6) is 0 Å². The molecule has 0 N–H and O–H groups in total. The minimum absolute atomic E-state index is 0. The second-order valence-corrected chi connectivity index (χ2v) is 10.6. The Morgan fingerprint density at radius 2 is 1.54 bits per heavy atom. The van der Waals surface area contributed by atoms with Gasteiger partial charge in [0, 0.05) is 12.8 Å². The highest BCUT2D eigenvalue weighted by Crippen LogP contribution is 2.40. The van der Waals surface area contributed by atoms with Gasteiger partial charge in [0.25, 0.3) is 0 Å². The minimum atomic E-state index is -0.923. The number of nitrogens with zero attached hydrogens (tertiary/aromatic N) is 1. The van der Waals surface area contributed by atoms with E-state index in [-0.39, 0.29) is 36.8 Å². The van der Waals surface area contributed by atoms with Crippen LogP contribution < -0.4 is 12.4 Å². The summed E-state index contributed by atoms with van der Waals surface area (Å²) >= 11 is 0. The third-order valence-electron chi connectivity index (χ3n) is 6.83. The quantitative estimate of drug-likeness (QED) is 0.442. The van der Waals surface area contributed by atoms with Crippen molar-refractivity contribution in [3.8, 4) is 0 Å². The van der Waals surface area contributed by atoms with Crippen LogP contribution in [-0.4, -0.2) is 48.2 Å². The van der Waals surface area contributed by atoms with Crippen molar-refractivity contribution in [2.24, 2.45) is 11.8 Å². The first-order chi connectivity index (χ1) is 16.0. The van der Waals surface area contributed by atoms with Crippen LogP contribution in [0.1, 0.15) is 50.8 Å². The fourth-order valence-electron chi connectivity index (χ4n) is 5.30. The Morgan fingerprint density at radius 1 is 1.00 bits per heavy atom. The van der Waals surface area contributed by atoms with Gasteiger partial charge in [-0.05, 0) is 62.1 Å². The molecule has 0 aliphatic carbocycles. The van der Waals surface area contributed by atoms with Crippen LogP contribution in [0.4, 0.5) is 8.78 Å². The van der Waals surface area contributed by atoms with Crippen molar-refractivity contribution in [3.05, 3.63) is 71.3 Å². The monoisotopic (exact) mass is 507 g/mol. The average Bonchev–Trinajstić information content (AvgIpc) is 2.76. The molecule has 3 heterocycles. The normalized spacial score (nSPS) is 23.5. The van der Waals surface area contributed by atoms with Crippen LogP contribution >= 0.6 is 0 Å². The zero-order valence-electron chi connectivity index (χ0n) is 20.3. The predicted molar refractivity (Wildman–Crippen MR) is 123 cm³/mol. The summed E-state index contributed by atoms with van der Waals surface area (Å²) in [6.07, 6.45) is 0.731. The second-order valence-electron chi connectivity index (χ2n) is 10.6. The lowest BCUT2D eigenvalue weighted by molar-refractivity contribution is -0.939. The second kappa shape index (κ2) is 10.6. The standard InChI is InChI=1S/C27H32F2NO4.ClH/c1-27(2,3)34-24(31)17-30-12-10-18(11-13-30)23(16-30)26(32)33-25(19-6-4-8-21(28)14-19)20-7-5-9-22(29)15-20;/h4-9,14-15,18,23,25H,10-13,16-17H2,1-3H3;1H/q+1;/p-1. The van der Waals surface area contributed by atoms with E-state index in [0.29, 0.717) is 22.2 Å². The first kappa shape index (κ1) is 27.1. The van der Waals surface area contributed by atoms with Gasteiger partial charge in [0.05, 0.1) is 19.6 Å². The fourth-order valence-corrected chi connectivity index (χ4v) is 5.30. The molecule has 3 aliphatic rings. The Bertz CT molecular complexity index is 1020. The van der Waals surface area contributed by atoms with Gasteiger partial charge >= 0.3 is 11.9 Å². The lowest BCUT2D eigenvalue weighted by Gasteiger charge is -2.51. The van der Waals surface area contributed by atoms with Crippen LogP contribution in [-0.2, 0) is 19.1 Å². The van der Waals surface area contributed by atoms with Crippen molar-refractivity contribution in [1.82, 2.24) is 0 Å². The van der Waals surface area contributed by atoms with Crippen molar-refractivity contribution in [3.63, 3.8) is 0 Å². The van der Waals surface area contributed by atoms with Crippen molar-refractivity contribution >= 4 is 11.9 Å². The number of halogens is 3. The van der Waals surface area contributed by atoms with Gasteiger partial charge in [0.1, 0.15) is 23.2 Å². The number of hydrogen-bond acceptors (Lipinski definition) is 4. The number of piperidine rings is 3. The van der Waals surface area contributed by atoms with Crippen LogP contribution in [0, 0.1) is 23.5 Å². The van der Waals surface area contributed by atoms with Crippen LogP contribution in [0.2, 0.25) is 0 Å². The van der Waals surface area contributed by atoms with E-state index in [9.17, 15) is 18.4 Å². The molecule has 8 heteroatoms. The Hall–Kier alpha value is -2.51. The van der Waals surface area contributed by atoms with E-state index in [1.165, 1.54) is 24.3 Å². The van der Waals surface area contributed by atoms with Gasteiger partial charge in [0.2, 0.25) is 0 Å². The topological polar surface area (TPSA) is 52.6 Å². The third-order valence-corrected chi connectivity index (χ3v) is 6.83. The summed E-state index contributed by atoms with van der Waals surface area (Å²) in [4.78, 5) is 26.0. The van der Waals surface area contributed by atoms with Crippen molar-refractivity contribution < 1.29 is 44.7 Å². The Labute approximate surface area is 211 Å². The molecule has 1 unspecified atom stereocenters. The smallest absolute Gasteiger partial charge is 0.362 e. The SMILES string of the molecule is CC(C)(C)OC(=O)C[N+]12CCC(CC1)C(C(=O)OC(c1cccc(F)c1)c1cccc(F)c1)C2.[Cl-]. The van der Waals surface area contributed by atoms with Gasteiger partial charge < -0.3 is 26.4 Å². The number of quaternary nitrogens is 1. The molecule has 2 aromatic rings. The van der Waals surface area contributed by atoms with Gasteiger partial charge in [-0.1, -0.05) is 24.3 Å². The van der Waals surface area contributed by atoms with Crippen molar-refractivity contribution in [2.75, 3.05) is 26.2 Å². The Kier molecular flexibility index (Phi) is 8.22. The number of esters is 2. The highest BCUT2D eigenvalue weighted by molar-refractivity contribution is 5.74. The van der Waals surface area contributed by atoms with E-state index >= 15 is 0 Å². The zero-order chi connectivity index (χ0) is 24.5. The van der Waals surface area contributed by atoms with E-state index in [0.717, 1.165) is 25.9 Å². The first-order valence-corrected chi connectivity index (χ1v) is 11.8. The molecule has 5 rings (SSSR count). The maximum Gasteiger partial charge on any atom is 0.362 e. The number of rotatable bonds is 6. The molecule has 0 radical (unpaired) electrons. The summed E-state index contributed by atoms with van der Waals surface area (Å²) in [5.41, 5.74) is 0.320. The number of carbonyl (C=O) groups excluding carboxylic acids is 2. The van der Waals surface area contributed by atoms with Gasteiger partial charge in [-0.25, -0.2) is 13.6 Å². The minimum Gasteiger partial charge on any atom is -1.00 e. The van der Waals surface area contributed by atoms with Gasteiger partial charge in [-0.2, -0.15) is 0 Å². The number of ether oxygens (including phenoxy) is 2. The van der Waals surface area contributed by atoms with Gasteiger partial charge in [0.15, 0.2) is 12.6 Å². The lowest BCUT2D eigenvalue weighted by Crippen LogP contribution is -3.00.